The molecule has 1 heterocycles. The summed E-state index contributed by atoms with van der Waals surface area (Å²) in [6.07, 6.45) is -4.20. The molecule has 2 aromatic rings. The van der Waals surface area contributed by atoms with Crippen molar-refractivity contribution in [1.82, 2.24) is 4.90 Å². The van der Waals surface area contributed by atoms with Crippen molar-refractivity contribution in [2.75, 3.05) is 18.5 Å². The third kappa shape index (κ3) is 3.86. The number of urea groups is 1. The Morgan fingerprint density at radius 1 is 1.19 bits per heavy atom. The van der Waals surface area contributed by atoms with Crippen LogP contribution in [-0.2, 0) is 12.6 Å². The van der Waals surface area contributed by atoms with Crippen LogP contribution in [0.1, 0.15) is 11.1 Å². The molecular weight excluding hydrogens is 363 g/mol. The second-order valence-electron chi connectivity index (χ2n) is 6.36. The number of carbonyl (C=O) groups is 1. The number of anilines is 1. The molecule has 1 fully saturated rings. The lowest BCUT2D eigenvalue weighted by Crippen LogP contribution is -2.35. The van der Waals surface area contributed by atoms with E-state index in [2.05, 4.69) is 0 Å². The smallest absolute Gasteiger partial charge is 0.325 e. The summed E-state index contributed by atoms with van der Waals surface area (Å²) in [4.78, 5) is 25.7. The third-order valence-corrected chi connectivity index (χ3v) is 4.45. The van der Waals surface area contributed by atoms with Gasteiger partial charge in [-0.3, -0.25) is 15.0 Å². The van der Waals surface area contributed by atoms with Gasteiger partial charge >= 0.3 is 12.2 Å². The van der Waals surface area contributed by atoms with Gasteiger partial charge in [-0.25, -0.2) is 4.79 Å². The van der Waals surface area contributed by atoms with Crippen LogP contribution in [0.5, 0.6) is 0 Å². The van der Waals surface area contributed by atoms with Gasteiger partial charge in [0.05, 0.1) is 16.5 Å². The number of non-ortho nitro benzene ring substituents is 1. The molecule has 3 rings (SSSR count). The molecule has 0 N–H and O–H groups in total. The lowest BCUT2D eigenvalue weighted by Gasteiger charge is -2.23. The Labute approximate surface area is 153 Å². The van der Waals surface area contributed by atoms with E-state index in [1.54, 1.807) is 13.1 Å². The fourth-order valence-electron chi connectivity index (χ4n) is 3.17. The van der Waals surface area contributed by atoms with E-state index in [-0.39, 0.29) is 24.2 Å². The lowest BCUT2D eigenvalue weighted by atomic mass is 10.0. The maximum atomic E-state index is 12.9. The first-order valence-electron chi connectivity index (χ1n) is 8.12. The molecule has 0 spiro atoms. The van der Waals surface area contributed by atoms with E-state index >= 15 is 0 Å². The molecule has 2 aromatic carbocycles. The maximum absolute atomic E-state index is 12.9. The highest BCUT2D eigenvalue weighted by atomic mass is 19.4. The maximum Gasteiger partial charge on any atom is 0.416 e. The first-order chi connectivity index (χ1) is 12.7. The molecule has 0 bridgehead atoms. The topological polar surface area (TPSA) is 66.7 Å². The minimum Gasteiger partial charge on any atom is -0.325 e. The summed E-state index contributed by atoms with van der Waals surface area (Å²) >= 11 is 0. The number of nitro benzene ring substituents is 1. The predicted octanol–water partition coefficient (Wildman–Crippen LogP) is 4.10. The average Bonchev–Trinajstić information content (AvgIpc) is 2.88. The van der Waals surface area contributed by atoms with Crippen molar-refractivity contribution >= 4 is 17.4 Å². The fourth-order valence-corrected chi connectivity index (χ4v) is 3.17. The molecule has 1 saturated heterocycles. The van der Waals surface area contributed by atoms with Gasteiger partial charge in [0, 0.05) is 31.4 Å². The van der Waals surface area contributed by atoms with Crippen molar-refractivity contribution in [2.45, 2.75) is 18.6 Å². The van der Waals surface area contributed by atoms with Crippen molar-refractivity contribution in [1.29, 1.82) is 0 Å². The second kappa shape index (κ2) is 6.90. The minimum absolute atomic E-state index is 0.104. The van der Waals surface area contributed by atoms with Gasteiger partial charge in [-0.15, -0.1) is 0 Å². The average molecular weight is 379 g/mol. The van der Waals surface area contributed by atoms with E-state index in [4.69, 9.17) is 0 Å². The van der Waals surface area contributed by atoms with E-state index in [9.17, 15) is 28.1 Å². The fraction of sp³-hybridized carbons (Fsp3) is 0.278. The van der Waals surface area contributed by atoms with E-state index in [1.807, 2.05) is 0 Å². The molecule has 2 amide bonds. The summed E-state index contributed by atoms with van der Waals surface area (Å²) in [6, 6.07) is 9.85. The molecule has 0 unspecified atom stereocenters. The zero-order valence-electron chi connectivity index (χ0n) is 14.3. The third-order valence-electron chi connectivity index (χ3n) is 4.45. The van der Waals surface area contributed by atoms with Crippen LogP contribution in [0.4, 0.5) is 29.3 Å². The van der Waals surface area contributed by atoms with Crippen LogP contribution < -0.4 is 4.90 Å². The van der Waals surface area contributed by atoms with Crippen molar-refractivity contribution in [3.63, 3.8) is 0 Å². The van der Waals surface area contributed by atoms with Crippen LogP contribution >= 0.6 is 0 Å². The Morgan fingerprint density at radius 3 is 2.44 bits per heavy atom. The van der Waals surface area contributed by atoms with E-state index in [0.29, 0.717) is 17.8 Å². The Bertz CT molecular complexity index is 868. The number of hydrogen-bond donors (Lipinski definition) is 0. The van der Waals surface area contributed by atoms with Crippen molar-refractivity contribution < 1.29 is 22.9 Å². The van der Waals surface area contributed by atoms with Gasteiger partial charge in [-0.05, 0) is 30.2 Å². The number of rotatable bonds is 4. The number of likely N-dealkylation sites (N-methyl/N-ethyl adjacent to an activating group) is 1. The summed E-state index contributed by atoms with van der Waals surface area (Å²) in [5.74, 6) is 0. The van der Waals surface area contributed by atoms with Crippen molar-refractivity contribution in [3.05, 3.63) is 69.8 Å². The van der Waals surface area contributed by atoms with Crippen LogP contribution in [0.2, 0.25) is 0 Å². The van der Waals surface area contributed by atoms with E-state index in [0.717, 1.165) is 12.1 Å². The number of nitrogens with zero attached hydrogens (tertiary/aromatic N) is 3. The molecule has 142 valence electrons. The Morgan fingerprint density at radius 2 is 1.85 bits per heavy atom. The number of benzene rings is 2. The first-order valence-corrected chi connectivity index (χ1v) is 8.12. The summed E-state index contributed by atoms with van der Waals surface area (Å²) in [5.41, 5.74) is 0.0875. The number of alkyl halides is 3. The molecule has 6 nitrogen and oxygen atoms in total. The Kier molecular flexibility index (Phi) is 4.77. The van der Waals surface area contributed by atoms with Gasteiger partial charge in [0.25, 0.3) is 5.69 Å². The monoisotopic (exact) mass is 379 g/mol. The number of nitro groups is 1. The molecule has 9 heteroatoms. The van der Waals surface area contributed by atoms with Gasteiger partial charge < -0.3 is 4.90 Å². The Balaban J connectivity index is 1.87. The molecule has 0 aliphatic carbocycles. The highest BCUT2D eigenvalue weighted by Gasteiger charge is 2.37. The molecule has 1 atom stereocenters. The van der Waals surface area contributed by atoms with Crippen LogP contribution in [-0.4, -0.2) is 35.5 Å². The normalized spacial score (nSPS) is 17.5. The summed E-state index contributed by atoms with van der Waals surface area (Å²) in [5, 5.41) is 10.8. The molecule has 0 aromatic heterocycles. The van der Waals surface area contributed by atoms with E-state index in [1.165, 1.54) is 40.1 Å². The zero-order chi connectivity index (χ0) is 19.8. The molecule has 1 aliphatic rings. The lowest BCUT2D eigenvalue weighted by molar-refractivity contribution is -0.384. The van der Waals surface area contributed by atoms with Gasteiger partial charge in [-0.1, -0.05) is 18.2 Å². The molecule has 0 saturated carbocycles. The van der Waals surface area contributed by atoms with Crippen LogP contribution in [0.25, 0.3) is 0 Å². The van der Waals surface area contributed by atoms with Crippen molar-refractivity contribution in [2.24, 2.45) is 0 Å². The standard InChI is InChI=1S/C18H16F3N3O3/c1-22-11-16(10-12-3-2-4-13(9-12)18(19,20)21)23(17(22)25)14-5-7-15(8-6-14)24(26)27/h2-9,16H,10-11H2,1H3/t16-/m0/s1. The molecule has 27 heavy (non-hydrogen) atoms. The highest BCUT2D eigenvalue weighted by Crippen LogP contribution is 2.31. The van der Waals surface area contributed by atoms with Gasteiger partial charge in [0.15, 0.2) is 0 Å². The molecular formula is C18H16F3N3O3. The SMILES string of the molecule is CN1C[C@H](Cc2cccc(C(F)(F)F)c2)N(c2ccc([N+](=O)[O-])cc2)C1=O. The predicted molar refractivity (Wildman–Crippen MR) is 92.5 cm³/mol. The first kappa shape index (κ1) is 18.7. The quantitative estimate of drug-likeness (QED) is 0.593. The summed E-state index contributed by atoms with van der Waals surface area (Å²) < 4.78 is 38.8. The summed E-state index contributed by atoms with van der Waals surface area (Å²) in [6.45, 7) is 0.339. The number of carbonyl (C=O) groups excluding carboxylic acids is 1. The van der Waals surface area contributed by atoms with Gasteiger partial charge in [0.2, 0.25) is 0 Å². The van der Waals surface area contributed by atoms with E-state index < -0.39 is 16.7 Å². The minimum atomic E-state index is -4.43. The second-order valence-corrected chi connectivity index (χ2v) is 6.36. The van der Waals surface area contributed by atoms with Crippen molar-refractivity contribution in [3.8, 4) is 0 Å². The Hall–Kier alpha value is -3.10. The number of hydrogen-bond acceptors (Lipinski definition) is 3. The van der Waals surface area contributed by atoms with Gasteiger partial charge in [-0.2, -0.15) is 13.2 Å². The van der Waals surface area contributed by atoms with Crippen LogP contribution in [0.3, 0.4) is 0 Å². The largest absolute Gasteiger partial charge is 0.416 e. The van der Waals surface area contributed by atoms with Gasteiger partial charge in [0.1, 0.15) is 0 Å². The number of halogens is 3. The summed E-state index contributed by atoms with van der Waals surface area (Å²) in [7, 11) is 1.60. The van der Waals surface area contributed by atoms with Crippen LogP contribution in [0, 0.1) is 10.1 Å². The zero-order valence-corrected chi connectivity index (χ0v) is 14.3. The molecule has 0 radical (unpaired) electrons. The highest BCUT2D eigenvalue weighted by molar-refractivity contribution is 5.95. The number of amides is 2. The van der Waals surface area contributed by atoms with Crippen LogP contribution in [0.15, 0.2) is 48.5 Å². The molecule has 1 aliphatic heterocycles.